The largest absolute Gasteiger partial charge is 0.489 e. The van der Waals surface area contributed by atoms with Crippen LogP contribution in [-0.2, 0) is 16.4 Å². The maximum absolute atomic E-state index is 13.6. The number of nitrogens with two attached hydrogens (primary N) is 1. The first-order chi connectivity index (χ1) is 20.0. The minimum atomic E-state index is -4.40. The first-order valence-corrected chi connectivity index (χ1v) is 16.1. The Morgan fingerprint density at radius 1 is 1.12 bits per heavy atom. The zero-order valence-corrected chi connectivity index (χ0v) is 24.5. The van der Waals surface area contributed by atoms with Crippen molar-refractivity contribution in [1.29, 1.82) is 0 Å². The van der Waals surface area contributed by atoms with Gasteiger partial charge >= 0.3 is 6.18 Å². The van der Waals surface area contributed by atoms with E-state index in [0.29, 0.717) is 16.0 Å². The minimum Gasteiger partial charge on any atom is -0.489 e. The maximum atomic E-state index is 13.6. The summed E-state index contributed by atoms with van der Waals surface area (Å²) in [4.78, 5) is 2.72. The van der Waals surface area contributed by atoms with E-state index in [1.807, 2.05) is 6.07 Å². The molecule has 2 aliphatic rings. The standard InChI is InChI=1S/C29H33F3N4O4S2/c30-29(31,32)18-23-22-3-1-4-25(35-19-10-13-36(14-11-19)20-6-7-20)28(22)41-27(23)5-2-12-34-24-9-8-21(42(33,38)39)17-26(24)40-16-15-37/h1,3-4,8-9,17,19-20,34-35,37H,6-7,10-16,18H2,(H2,33,38,39). The molecular formula is C29H33F3N4O4S2. The lowest BCUT2D eigenvalue weighted by Crippen LogP contribution is -2.40. The van der Waals surface area contributed by atoms with Gasteiger partial charge in [0.2, 0.25) is 10.0 Å². The third kappa shape index (κ3) is 7.67. The lowest BCUT2D eigenvalue weighted by atomic mass is 10.0. The Kier molecular flexibility index (Phi) is 9.20. The fourth-order valence-electron chi connectivity index (χ4n) is 5.19. The number of hydrogen-bond acceptors (Lipinski definition) is 8. The molecule has 226 valence electrons. The first kappa shape index (κ1) is 30.4. The Morgan fingerprint density at radius 3 is 2.55 bits per heavy atom. The second kappa shape index (κ2) is 12.7. The van der Waals surface area contributed by atoms with Gasteiger partial charge in [-0.1, -0.05) is 24.0 Å². The zero-order valence-electron chi connectivity index (χ0n) is 22.8. The molecular weight excluding hydrogens is 589 g/mol. The van der Waals surface area contributed by atoms with Crippen molar-refractivity contribution in [3.05, 3.63) is 46.8 Å². The van der Waals surface area contributed by atoms with Gasteiger partial charge in [0.05, 0.1) is 45.4 Å². The van der Waals surface area contributed by atoms with Gasteiger partial charge in [-0.05, 0) is 54.8 Å². The zero-order chi connectivity index (χ0) is 29.9. The van der Waals surface area contributed by atoms with Crippen LogP contribution >= 0.6 is 11.3 Å². The molecule has 0 spiro atoms. The first-order valence-electron chi connectivity index (χ1n) is 13.8. The van der Waals surface area contributed by atoms with Gasteiger partial charge in [-0.3, -0.25) is 0 Å². The molecule has 5 rings (SSSR count). The number of aliphatic hydroxyl groups excluding tert-OH is 1. The van der Waals surface area contributed by atoms with E-state index in [2.05, 4.69) is 27.4 Å². The van der Waals surface area contributed by atoms with E-state index >= 15 is 0 Å². The summed E-state index contributed by atoms with van der Waals surface area (Å²) < 4.78 is 70.5. The van der Waals surface area contributed by atoms with Crippen LogP contribution in [0.2, 0.25) is 0 Å². The molecule has 8 nitrogen and oxygen atoms in total. The normalized spacial score (nSPS) is 16.7. The fraction of sp³-hybridized carbons (Fsp3) is 0.448. The number of nitrogens with zero attached hydrogens (tertiary/aromatic N) is 1. The molecule has 2 heterocycles. The molecule has 2 fully saturated rings. The van der Waals surface area contributed by atoms with Gasteiger partial charge in [0.1, 0.15) is 12.4 Å². The lowest BCUT2D eigenvalue weighted by Gasteiger charge is -2.33. The highest BCUT2D eigenvalue weighted by atomic mass is 32.2. The van der Waals surface area contributed by atoms with Gasteiger partial charge in [0, 0.05) is 31.2 Å². The molecule has 5 N–H and O–H groups in total. The van der Waals surface area contributed by atoms with Gasteiger partial charge in [-0.15, -0.1) is 11.3 Å². The molecule has 1 aliphatic carbocycles. The van der Waals surface area contributed by atoms with Crippen LogP contribution in [0.3, 0.4) is 0 Å². The summed E-state index contributed by atoms with van der Waals surface area (Å²) in [5.41, 5.74) is 1.39. The maximum Gasteiger partial charge on any atom is 0.393 e. The number of primary sulfonamides is 1. The summed E-state index contributed by atoms with van der Waals surface area (Å²) in [5.74, 6) is 5.97. The molecule has 0 amide bonds. The Bertz CT molecular complexity index is 1590. The molecule has 13 heteroatoms. The monoisotopic (exact) mass is 622 g/mol. The third-order valence-corrected chi connectivity index (χ3v) is 9.46. The number of benzene rings is 2. The molecule has 3 aromatic rings. The Hall–Kier alpha value is -3.02. The lowest BCUT2D eigenvalue weighted by molar-refractivity contribution is -0.126. The van der Waals surface area contributed by atoms with Crippen molar-refractivity contribution in [2.75, 3.05) is 43.5 Å². The molecule has 0 atom stereocenters. The number of ether oxygens (including phenoxy) is 1. The van der Waals surface area contributed by atoms with Gasteiger partial charge in [-0.25, -0.2) is 13.6 Å². The number of sulfonamides is 1. The van der Waals surface area contributed by atoms with E-state index in [4.69, 9.17) is 15.0 Å². The van der Waals surface area contributed by atoms with Crippen LogP contribution in [0.15, 0.2) is 41.3 Å². The molecule has 0 radical (unpaired) electrons. The number of aliphatic hydroxyl groups is 1. The van der Waals surface area contributed by atoms with Crippen molar-refractivity contribution in [2.24, 2.45) is 5.14 Å². The Morgan fingerprint density at radius 2 is 1.88 bits per heavy atom. The molecule has 2 aromatic carbocycles. The highest BCUT2D eigenvalue weighted by Gasteiger charge is 2.33. The SMILES string of the molecule is NS(=O)(=O)c1ccc(NCC#Cc2sc3c(NC4CCN(C5CC5)CC4)cccc3c2CC(F)(F)F)c(OCCO)c1. The molecule has 1 aromatic heterocycles. The van der Waals surface area contributed by atoms with Crippen LogP contribution in [0, 0.1) is 11.8 Å². The van der Waals surface area contributed by atoms with Crippen molar-refractivity contribution >= 4 is 42.8 Å². The number of hydrogen-bond donors (Lipinski definition) is 4. The van der Waals surface area contributed by atoms with E-state index in [0.717, 1.165) is 42.4 Å². The summed E-state index contributed by atoms with van der Waals surface area (Å²) in [6.45, 7) is 1.75. The van der Waals surface area contributed by atoms with E-state index < -0.39 is 22.6 Å². The van der Waals surface area contributed by atoms with Crippen LogP contribution in [0.25, 0.3) is 10.1 Å². The van der Waals surface area contributed by atoms with Gasteiger partial charge in [0.25, 0.3) is 0 Å². The molecule has 0 bridgehead atoms. The Labute approximate surface area is 247 Å². The average Bonchev–Trinajstić information content (AvgIpc) is 3.73. The van der Waals surface area contributed by atoms with Gasteiger partial charge < -0.3 is 25.4 Å². The van der Waals surface area contributed by atoms with Crippen LogP contribution in [-0.4, -0.2) is 69.5 Å². The Balaban J connectivity index is 1.36. The summed E-state index contributed by atoms with van der Waals surface area (Å²) in [5, 5.41) is 21.4. The smallest absolute Gasteiger partial charge is 0.393 e. The predicted octanol–water partition coefficient (Wildman–Crippen LogP) is 4.53. The van der Waals surface area contributed by atoms with Crippen LogP contribution < -0.4 is 20.5 Å². The summed E-state index contributed by atoms with van der Waals surface area (Å²) >= 11 is 1.25. The summed E-state index contributed by atoms with van der Waals surface area (Å²) in [7, 11) is -3.97. The predicted molar refractivity (Wildman–Crippen MR) is 159 cm³/mol. The van der Waals surface area contributed by atoms with E-state index in [1.54, 1.807) is 12.1 Å². The summed E-state index contributed by atoms with van der Waals surface area (Å²) in [6.07, 6.45) is -0.940. The third-order valence-electron chi connectivity index (χ3n) is 7.35. The molecule has 1 aliphatic heterocycles. The van der Waals surface area contributed by atoms with E-state index in [9.17, 15) is 21.6 Å². The highest BCUT2D eigenvalue weighted by Crippen LogP contribution is 2.40. The number of fused-ring (bicyclic) bond motifs is 1. The van der Waals surface area contributed by atoms with Crippen LogP contribution in [0.4, 0.5) is 24.5 Å². The van der Waals surface area contributed by atoms with Crippen molar-refractivity contribution in [3.8, 4) is 17.6 Å². The van der Waals surface area contributed by atoms with E-state index in [1.165, 1.54) is 42.4 Å². The molecule has 0 unspecified atom stereocenters. The highest BCUT2D eigenvalue weighted by molar-refractivity contribution is 7.89. The average molecular weight is 623 g/mol. The van der Waals surface area contributed by atoms with Gasteiger partial charge in [0.15, 0.2) is 0 Å². The number of nitrogens with one attached hydrogen (secondary N) is 2. The van der Waals surface area contributed by atoms with Crippen molar-refractivity contribution in [2.45, 2.75) is 55.3 Å². The number of halogens is 3. The second-order valence-electron chi connectivity index (χ2n) is 10.5. The minimum absolute atomic E-state index is 0.0502. The van der Waals surface area contributed by atoms with Crippen molar-refractivity contribution < 1.29 is 31.4 Å². The number of thiophene rings is 1. The number of likely N-dealkylation sites (tertiary alicyclic amines) is 1. The van der Waals surface area contributed by atoms with Crippen molar-refractivity contribution in [3.63, 3.8) is 0 Å². The second-order valence-corrected chi connectivity index (χ2v) is 13.1. The number of anilines is 2. The molecule has 42 heavy (non-hydrogen) atoms. The number of piperidine rings is 1. The fourth-order valence-corrected chi connectivity index (χ4v) is 6.89. The number of rotatable bonds is 10. The van der Waals surface area contributed by atoms with E-state index in [-0.39, 0.29) is 42.0 Å². The molecule has 1 saturated heterocycles. The molecule has 1 saturated carbocycles. The van der Waals surface area contributed by atoms with Crippen LogP contribution in [0.5, 0.6) is 5.75 Å². The van der Waals surface area contributed by atoms with Gasteiger partial charge in [-0.2, -0.15) is 13.2 Å². The quantitative estimate of drug-likeness (QED) is 0.246. The number of alkyl halides is 3. The van der Waals surface area contributed by atoms with Crippen LogP contribution in [0.1, 0.15) is 36.1 Å². The van der Waals surface area contributed by atoms with Crippen molar-refractivity contribution in [1.82, 2.24) is 4.90 Å². The topological polar surface area (TPSA) is 117 Å². The summed E-state index contributed by atoms with van der Waals surface area (Å²) in [6, 6.07) is 10.4.